The summed E-state index contributed by atoms with van der Waals surface area (Å²) in [5.74, 6) is 0.640. The third-order valence-corrected chi connectivity index (χ3v) is 7.36. The Balaban J connectivity index is 1.58. The summed E-state index contributed by atoms with van der Waals surface area (Å²) in [6, 6.07) is 17.7. The van der Waals surface area contributed by atoms with Crippen LogP contribution in [-0.2, 0) is 17.9 Å². The van der Waals surface area contributed by atoms with E-state index in [9.17, 15) is 19.7 Å². The van der Waals surface area contributed by atoms with Crippen LogP contribution in [0, 0.1) is 20.6 Å². The second-order valence-electron chi connectivity index (χ2n) is 8.13. The summed E-state index contributed by atoms with van der Waals surface area (Å²) in [7, 11) is 0. The van der Waals surface area contributed by atoms with Gasteiger partial charge in [0.25, 0.3) is 16.8 Å². The Kier molecular flexibility index (Phi) is 8.49. The molecule has 8 nitrogen and oxygen atoms in total. The molecule has 0 aromatic heterocycles. The van der Waals surface area contributed by atoms with Crippen molar-refractivity contribution in [3.05, 3.63) is 102 Å². The molecule has 0 radical (unpaired) electrons. The number of nitro groups is 1. The first-order valence-corrected chi connectivity index (χ1v) is 13.3. The first-order valence-electron chi connectivity index (χ1n) is 11.4. The van der Waals surface area contributed by atoms with Crippen molar-refractivity contribution in [2.75, 3.05) is 6.61 Å². The molecule has 190 valence electrons. The second-order valence-corrected chi connectivity index (χ2v) is 10.3. The molecule has 1 aliphatic heterocycles. The van der Waals surface area contributed by atoms with E-state index in [0.29, 0.717) is 35.8 Å². The second kappa shape index (κ2) is 11.8. The fraction of sp³-hybridized carbons (Fsp3) is 0.185. The predicted molar refractivity (Wildman–Crippen MR) is 150 cm³/mol. The summed E-state index contributed by atoms with van der Waals surface area (Å²) in [6.45, 7) is 4.53. The quantitative estimate of drug-likeness (QED) is 0.112. The molecule has 0 unspecified atom stereocenters. The highest BCUT2D eigenvalue weighted by Gasteiger charge is 2.36. The number of benzene rings is 3. The van der Waals surface area contributed by atoms with Gasteiger partial charge in [0, 0.05) is 11.6 Å². The van der Waals surface area contributed by atoms with Crippen LogP contribution in [0.25, 0.3) is 6.08 Å². The highest BCUT2D eigenvalue weighted by Crippen LogP contribution is 2.38. The number of nitrogens with zero attached hydrogens (tertiary/aromatic N) is 2. The minimum atomic E-state index is -0.524. The Hall–Kier alpha value is -3.38. The van der Waals surface area contributed by atoms with Crippen LogP contribution in [0.2, 0.25) is 0 Å². The van der Waals surface area contributed by atoms with E-state index in [0.717, 1.165) is 31.4 Å². The van der Waals surface area contributed by atoms with E-state index < -0.39 is 16.1 Å². The molecule has 0 saturated carbocycles. The third-order valence-electron chi connectivity index (χ3n) is 5.65. The van der Waals surface area contributed by atoms with Gasteiger partial charge in [-0.05, 0) is 83.1 Å². The summed E-state index contributed by atoms with van der Waals surface area (Å²) in [5, 5.41) is 10.9. The molecule has 4 rings (SSSR count). The number of amides is 2. The maximum Gasteiger partial charge on any atom is 0.293 e. The first kappa shape index (κ1) is 26.7. The number of hydrogen-bond acceptors (Lipinski definition) is 7. The van der Waals surface area contributed by atoms with Gasteiger partial charge in [-0.15, -0.1) is 0 Å². The standard InChI is InChI=1S/C27H23IN2O6S/c1-3-35-23-13-18(12-21(28)25(23)36-16-20-10-5-4-8-17(20)2)14-24-26(31)29(27(32)37-24)15-19-9-6-7-11-22(19)30(33)34/h4-14H,3,15-16H2,1-2H3/b24-14-. The zero-order valence-electron chi connectivity index (χ0n) is 20.1. The number of imide groups is 1. The van der Waals surface area contributed by atoms with Crippen LogP contribution in [0.15, 0.2) is 65.6 Å². The summed E-state index contributed by atoms with van der Waals surface area (Å²) in [4.78, 5) is 37.7. The fourth-order valence-electron chi connectivity index (χ4n) is 3.78. The molecule has 1 aliphatic rings. The number of carbonyl (C=O) groups excluding carboxylic acids is 2. The zero-order chi connectivity index (χ0) is 26.5. The highest BCUT2D eigenvalue weighted by molar-refractivity contribution is 14.1. The molecule has 3 aromatic carbocycles. The molecule has 0 bridgehead atoms. The molecular weight excluding hydrogens is 607 g/mol. The molecular formula is C27H23IN2O6S. The Morgan fingerprint density at radius 3 is 2.46 bits per heavy atom. The van der Waals surface area contributed by atoms with Crippen molar-refractivity contribution in [3.63, 3.8) is 0 Å². The van der Waals surface area contributed by atoms with Crippen molar-refractivity contribution in [2.24, 2.45) is 0 Å². The fourth-order valence-corrected chi connectivity index (χ4v) is 5.40. The van der Waals surface area contributed by atoms with Gasteiger partial charge in [0.1, 0.15) is 6.61 Å². The maximum atomic E-state index is 13.0. The minimum Gasteiger partial charge on any atom is -0.490 e. The Bertz CT molecular complexity index is 1410. The van der Waals surface area contributed by atoms with Gasteiger partial charge in [-0.25, -0.2) is 0 Å². The lowest BCUT2D eigenvalue weighted by atomic mass is 10.1. The van der Waals surface area contributed by atoms with Gasteiger partial charge in [0.2, 0.25) is 0 Å². The number of rotatable bonds is 9. The predicted octanol–water partition coefficient (Wildman–Crippen LogP) is 6.72. The van der Waals surface area contributed by atoms with Gasteiger partial charge < -0.3 is 9.47 Å². The van der Waals surface area contributed by atoms with Crippen molar-refractivity contribution in [3.8, 4) is 11.5 Å². The highest BCUT2D eigenvalue weighted by atomic mass is 127. The summed E-state index contributed by atoms with van der Waals surface area (Å²) >= 11 is 2.96. The van der Waals surface area contributed by atoms with Crippen LogP contribution in [0.1, 0.15) is 29.2 Å². The van der Waals surface area contributed by atoms with Gasteiger partial charge in [-0.2, -0.15) is 0 Å². The normalized spacial score (nSPS) is 14.4. The van der Waals surface area contributed by atoms with E-state index in [1.165, 1.54) is 12.1 Å². The Labute approximate surface area is 231 Å². The lowest BCUT2D eigenvalue weighted by Gasteiger charge is -2.16. The van der Waals surface area contributed by atoms with Crippen molar-refractivity contribution in [1.82, 2.24) is 4.90 Å². The van der Waals surface area contributed by atoms with Crippen molar-refractivity contribution in [2.45, 2.75) is 27.0 Å². The Morgan fingerprint density at radius 2 is 1.76 bits per heavy atom. The van der Waals surface area contributed by atoms with Crippen LogP contribution in [-0.4, -0.2) is 27.6 Å². The number of thioether (sulfide) groups is 1. The molecule has 2 amide bonds. The lowest BCUT2D eigenvalue weighted by Crippen LogP contribution is -2.27. The molecule has 0 aliphatic carbocycles. The number of carbonyl (C=O) groups is 2. The van der Waals surface area contributed by atoms with Crippen LogP contribution in [0.5, 0.6) is 11.5 Å². The zero-order valence-corrected chi connectivity index (χ0v) is 23.1. The van der Waals surface area contributed by atoms with Crippen LogP contribution in [0.3, 0.4) is 0 Å². The van der Waals surface area contributed by atoms with Gasteiger partial charge in [-0.1, -0.05) is 42.5 Å². The molecule has 1 fully saturated rings. The van der Waals surface area contributed by atoms with Gasteiger partial charge >= 0.3 is 0 Å². The van der Waals surface area contributed by atoms with E-state index in [2.05, 4.69) is 22.6 Å². The van der Waals surface area contributed by atoms with Crippen molar-refractivity contribution >= 4 is 57.3 Å². The number of para-hydroxylation sites is 1. The largest absolute Gasteiger partial charge is 0.490 e. The Morgan fingerprint density at radius 1 is 1.05 bits per heavy atom. The van der Waals surface area contributed by atoms with Gasteiger partial charge in [0.15, 0.2) is 11.5 Å². The SMILES string of the molecule is CCOc1cc(/C=C2\SC(=O)N(Cc3ccccc3[N+](=O)[O-])C2=O)cc(I)c1OCc1ccccc1C. The molecule has 1 saturated heterocycles. The van der Waals surface area contributed by atoms with Crippen molar-refractivity contribution < 1.29 is 24.0 Å². The van der Waals surface area contributed by atoms with Gasteiger partial charge in [-0.3, -0.25) is 24.6 Å². The van der Waals surface area contributed by atoms with E-state index in [-0.39, 0.29) is 17.1 Å². The smallest absolute Gasteiger partial charge is 0.293 e. The van der Waals surface area contributed by atoms with Crippen molar-refractivity contribution in [1.29, 1.82) is 0 Å². The first-order chi connectivity index (χ1) is 17.8. The molecule has 0 atom stereocenters. The van der Waals surface area contributed by atoms with Crippen LogP contribution < -0.4 is 9.47 Å². The maximum absolute atomic E-state index is 13.0. The molecule has 0 spiro atoms. The number of nitro benzene ring substituents is 1. The molecule has 1 heterocycles. The van der Waals surface area contributed by atoms with E-state index in [1.54, 1.807) is 24.3 Å². The molecule has 37 heavy (non-hydrogen) atoms. The van der Waals surface area contributed by atoms with E-state index >= 15 is 0 Å². The summed E-state index contributed by atoms with van der Waals surface area (Å²) in [5.41, 5.74) is 3.02. The average Bonchev–Trinajstić information content (AvgIpc) is 3.12. The number of aryl methyl sites for hydroxylation is 1. The van der Waals surface area contributed by atoms with Crippen LogP contribution >= 0.6 is 34.4 Å². The summed E-state index contributed by atoms with van der Waals surface area (Å²) in [6.07, 6.45) is 1.63. The summed E-state index contributed by atoms with van der Waals surface area (Å²) < 4.78 is 12.7. The number of hydrogen-bond donors (Lipinski definition) is 0. The minimum absolute atomic E-state index is 0.136. The molecule has 0 N–H and O–H groups in total. The average molecular weight is 630 g/mol. The lowest BCUT2D eigenvalue weighted by molar-refractivity contribution is -0.385. The topological polar surface area (TPSA) is 99.0 Å². The molecule has 10 heteroatoms. The molecule has 3 aromatic rings. The number of ether oxygens (including phenoxy) is 2. The number of halogens is 1. The monoisotopic (exact) mass is 630 g/mol. The van der Waals surface area contributed by atoms with E-state index in [1.807, 2.05) is 44.2 Å². The van der Waals surface area contributed by atoms with Crippen LogP contribution in [0.4, 0.5) is 10.5 Å². The third kappa shape index (κ3) is 6.13. The van der Waals surface area contributed by atoms with Gasteiger partial charge in [0.05, 0.1) is 26.6 Å². The van der Waals surface area contributed by atoms with E-state index in [4.69, 9.17) is 9.47 Å².